The number of nitrogens with zero attached hydrogens (tertiary/aromatic N) is 1. The molecule has 4 nitrogen and oxygen atoms in total. The Morgan fingerprint density at radius 2 is 2.38 bits per heavy atom. The molecule has 1 rings (SSSR count). The first-order valence-corrected chi connectivity index (χ1v) is 6.48. The summed E-state index contributed by atoms with van der Waals surface area (Å²) < 4.78 is 0. The Balaban J connectivity index is 2.20. The molecule has 1 heterocycles. The first-order chi connectivity index (χ1) is 7.76. The van der Waals surface area contributed by atoms with E-state index in [1.165, 1.54) is 4.88 Å². The summed E-state index contributed by atoms with van der Waals surface area (Å²) in [7, 11) is 0. The number of aryl methyl sites for hydroxylation is 1. The molecule has 3 N–H and O–H groups in total. The number of aromatic nitrogens is 1. The van der Waals surface area contributed by atoms with Crippen LogP contribution in [0.3, 0.4) is 0 Å². The van der Waals surface area contributed by atoms with Gasteiger partial charge in [0.1, 0.15) is 5.01 Å². The summed E-state index contributed by atoms with van der Waals surface area (Å²) in [5.74, 6) is 0.0849. The van der Waals surface area contributed by atoms with Gasteiger partial charge in [-0.1, -0.05) is 6.92 Å². The molecule has 0 unspecified atom stereocenters. The molecule has 0 atom stereocenters. The smallest absolute Gasteiger partial charge is 0.220 e. The Labute approximate surface area is 100 Å². The van der Waals surface area contributed by atoms with Gasteiger partial charge in [0, 0.05) is 17.5 Å². The van der Waals surface area contributed by atoms with Crippen LogP contribution in [-0.2, 0) is 17.8 Å². The lowest BCUT2D eigenvalue weighted by molar-refractivity contribution is -0.121. The number of nitrogens with two attached hydrogens (primary N) is 1. The highest BCUT2D eigenvalue weighted by molar-refractivity contribution is 7.11. The fourth-order valence-corrected chi connectivity index (χ4v) is 2.09. The highest BCUT2D eigenvalue weighted by Crippen LogP contribution is 2.12. The molecule has 1 amide bonds. The number of hydrogen-bond acceptors (Lipinski definition) is 4. The molecule has 0 bridgehead atoms. The molecule has 16 heavy (non-hydrogen) atoms. The van der Waals surface area contributed by atoms with Crippen LogP contribution in [-0.4, -0.2) is 17.4 Å². The topological polar surface area (TPSA) is 68.0 Å². The summed E-state index contributed by atoms with van der Waals surface area (Å²) in [5, 5.41) is 3.84. The van der Waals surface area contributed by atoms with Gasteiger partial charge in [-0.2, -0.15) is 0 Å². The van der Waals surface area contributed by atoms with Crippen molar-refractivity contribution in [2.24, 2.45) is 5.73 Å². The number of rotatable bonds is 7. The fraction of sp³-hybridized carbons (Fsp3) is 0.636. The van der Waals surface area contributed by atoms with Crippen molar-refractivity contribution in [2.45, 2.75) is 39.2 Å². The predicted molar refractivity (Wildman–Crippen MR) is 66.2 cm³/mol. The third-order valence-electron chi connectivity index (χ3n) is 2.24. The zero-order chi connectivity index (χ0) is 11.8. The molecule has 1 aromatic heterocycles. The number of hydrogen-bond donors (Lipinski definition) is 2. The Morgan fingerprint density at radius 1 is 1.56 bits per heavy atom. The van der Waals surface area contributed by atoms with Crippen molar-refractivity contribution in [3.8, 4) is 0 Å². The normalized spacial score (nSPS) is 10.4. The van der Waals surface area contributed by atoms with E-state index in [2.05, 4.69) is 17.2 Å². The lowest BCUT2D eigenvalue weighted by atomic mass is 10.2. The van der Waals surface area contributed by atoms with Crippen molar-refractivity contribution in [3.63, 3.8) is 0 Å². The van der Waals surface area contributed by atoms with Crippen LogP contribution in [0.1, 0.15) is 36.1 Å². The zero-order valence-electron chi connectivity index (χ0n) is 9.66. The molecule has 0 aliphatic rings. The number of amides is 1. The van der Waals surface area contributed by atoms with E-state index in [0.717, 1.165) is 24.3 Å². The van der Waals surface area contributed by atoms with Crippen LogP contribution in [0.15, 0.2) is 6.20 Å². The molecule has 0 aliphatic heterocycles. The summed E-state index contributed by atoms with van der Waals surface area (Å²) >= 11 is 1.66. The van der Waals surface area contributed by atoms with Crippen LogP contribution in [0, 0.1) is 0 Å². The maximum atomic E-state index is 11.4. The molecule has 0 aliphatic carbocycles. The predicted octanol–water partition coefficient (Wildman–Crippen LogP) is 1.45. The van der Waals surface area contributed by atoms with Crippen LogP contribution in [0.4, 0.5) is 0 Å². The fourth-order valence-electron chi connectivity index (χ4n) is 1.29. The summed E-state index contributed by atoms with van der Waals surface area (Å²) in [6.45, 7) is 3.30. The highest BCUT2D eigenvalue weighted by atomic mass is 32.1. The number of nitrogens with one attached hydrogen (secondary N) is 1. The molecule has 1 aromatic rings. The van der Waals surface area contributed by atoms with Gasteiger partial charge in [-0.15, -0.1) is 11.3 Å². The van der Waals surface area contributed by atoms with Gasteiger partial charge in [-0.05, 0) is 25.8 Å². The van der Waals surface area contributed by atoms with Crippen molar-refractivity contribution in [3.05, 3.63) is 16.1 Å². The van der Waals surface area contributed by atoms with E-state index in [1.54, 1.807) is 11.3 Å². The van der Waals surface area contributed by atoms with Gasteiger partial charge in [0.2, 0.25) is 5.91 Å². The second-order valence-electron chi connectivity index (χ2n) is 3.60. The van der Waals surface area contributed by atoms with E-state index >= 15 is 0 Å². The Hall–Kier alpha value is -0.940. The number of carbonyl (C=O) groups is 1. The summed E-state index contributed by atoms with van der Waals surface area (Å²) in [6, 6.07) is 0. The highest BCUT2D eigenvalue weighted by Gasteiger charge is 2.03. The number of unbranched alkanes of at least 4 members (excludes halogenated alkanes) is 1. The van der Waals surface area contributed by atoms with Crippen molar-refractivity contribution in [2.75, 3.05) is 6.54 Å². The van der Waals surface area contributed by atoms with Gasteiger partial charge in [0.05, 0.1) is 6.54 Å². The molecular weight excluding hydrogens is 222 g/mol. The number of thiazole rings is 1. The van der Waals surface area contributed by atoms with Gasteiger partial charge < -0.3 is 11.1 Å². The molecule has 90 valence electrons. The van der Waals surface area contributed by atoms with Gasteiger partial charge in [-0.25, -0.2) is 4.98 Å². The third-order valence-corrected chi connectivity index (χ3v) is 3.39. The van der Waals surface area contributed by atoms with Gasteiger partial charge in [-0.3, -0.25) is 4.79 Å². The summed E-state index contributed by atoms with van der Waals surface area (Å²) in [5.41, 5.74) is 5.36. The standard InChI is InChI=1S/C11H19N3OS/c1-2-9-7-14-11(16-9)8-13-10(15)5-3-4-6-12/h7H,2-6,8,12H2,1H3,(H,13,15). The van der Waals surface area contributed by atoms with E-state index in [-0.39, 0.29) is 5.91 Å². The third kappa shape index (κ3) is 4.72. The zero-order valence-corrected chi connectivity index (χ0v) is 10.5. The molecular formula is C11H19N3OS. The average Bonchev–Trinajstić information content (AvgIpc) is 2.74. The van der Waals surface area contributed by atoms with Crippen LogP contribution in [0.5, 0.6) is 0 Å². The van der Waals surface area contributed by atoms with E-state index in [9.17, 15) is 4.79 Å². The Kier molecular flexibility index (Phi) is 6.03. The quantitative estimate of drug-likeness (QED) is 0.710. The van der Waals surface area contributed by atoms with Crippen LogP contribution < -0.4 is 11.1 Å². The summed E-state index contributed by atoms with van der Waals surface area (Å²) in [6.07, 6.45) is 5.21. The molecule has 0 saturated carbocycles. The van der Waals surface area contributed by atoms with Gasteiger partial charge in [0.25, 0.3) is 0 Å². The van der Waals surface area contributed by atoms with E-state index in [1.807, 2.05) is 6.20 Å². The Morgan fingerprint density at radius 3 is 3.00 bits per heavy atom. The molecule has 0 fully saturated rings. The first-order valence-electron chi connectivity index (χ1n) is 5.66. The van der Waals surface area contributed by atoms with Gasteiger partial charge >= 0.3 is 0 Å². The van der Waals surface area contributed by atoms with Gasteiger partial charge in [0.15, 0.2) is 0 Å². The van der Waals surface area contributed by atoms with Crippen molar-refractivity contribution in [1.29, 1.82) is 0 Å². The Bertz CT molecular complexity index is 325. The summed E-state index contributed by atoms with van der Waals surface area (Å²) in [4.78, 5) is 16.9. The lowest BCUT2D eigenvalue weighted by Crippen LogP contribution is -2.22. The van der Waals surface area contributed by atoms with Crippen molar-refractivity contribution >= 4 is 17.2 Å². The first kappa shape index (κ1) is 13.1. The second-order valence-corrected chi connectivity index (χ2v) is 4.80. The number of carbonyl (C=O) groups excluding carboxylic acids is 1. The molecule has 0 aromatic carbocycles. The van der Waals surface area contributed by atoms with Crippen molar-refractivity contribution in [1.82, 2.24) is 10.3 Å². The maximum Gasteiger partial charge on any atom is 0.220 e. The van der Waals surface area contributed by atoms with Crippen molar-refractivity contribution < 1.29 is 4.79 Å². The monoisotopic (exact) mass is 241 g/mol. The van der Waals surface area contributed by atoms with Crippen LogP contribution in [0.25, 0.3) is 0 Å². The molecule has 0 spiro atoms. The van der Waals surface area contributed by atoms with Crippen LogP contribution >= 0.6 is 11.3 Å². The van der Waals surface area contributed by atoms with E-state index in [0.29, 0.717) is 19.5 Å². The minimum Gasteiger partial charge on any atom is -0.350 e. The second kappa shape index (κ2) is 7.35. The maximum absolute atomic E-state index is 11.4. The molecule has 0 saturated heterocycles. The lowest BCUT2D eigenvalue weighted by Gasteiger charge is -2.02. The minimum atomic E-state index is 0.0849. The van der Waals surface area contributed by atoms with E-state index < -0.39 is 0 Å². The molecule has 5 heteroatoms. The van der Waals surface area contributed by atoms with E-state index in [4.69, 9.17) is 5.73 Å². The largest absolute Gasteiger partial charge is 0.350 e. The molecule has 0 radical (unpaired) electrons. The average molecular weight is 241 g/mol. The SMILES string of the molecule is CCc1cnc(CNC(=O)CCCCN)s1. The minimum absolute atomic E-state index is 0.0849. The van der Waals surface area contributed by atoms with Crippen LogP contribution in [0.2, 0.25) is 0 Å².